The smallest absolute Gasteiger partial charge is 0.293 e. The van der Waals surface area contributed by atoms with Crippen LogP contribution in [0.2, 0.25) is 0 Å². The van der Waals surface area contributed by atoms with Crippen LogP contribution in [0, 0.1) is 0 Å². The van der Waals surface area contributed by atoms with Crippen LogP contribution in [0.15, 0.2) is 22.8 Å². The van der Waals surface area contributed by atoms with Crippen LogP contribution >= 0.6 is 15.9 Å². The van der Waals surface area contributed by atoms with Gasteiger partial charge in [-0.3, -0.25) is 4.79 Å². The van der Waals surface area contributed by atoms with E-state index in [1.165, 1.54) is 0 Å². The number of rotatable bonds is 4. The number of halogens is 1. The Morgan fingerprint density at radius 1 is 1.58 bits per heavy atom. The Labute approximate surface area is 78.9 Å². The SMILES string of the molecule is O=COCCc1cccc(Br)n1. The molecule has 1 aromatic heterocycles. The Kier molecular flexibility index (Phi) is 3.73. The molecule has 1 aromatic rings. The van der Waals surface area contributed by atoms with Crippen molar-refractivity contribution >= 4 is 22.4 Å². The Morgan fingerprint density at radius 3 is 3.08 bits per heavy atom. The van der Waals surface area contributed by atoms with Gasteiger partial charge in [0, 0.05) is 12.1 Å². The van der Waals surface area contributed by atoms with Crippen LogP contribution in [0.1, 0.15) is 5.69 Å². The zero-order chi connectivity index (χ0) is 8.81. The van der Waals surface area contributed by atoms with Gasteiger partial charge in [-0.2, -0.15) is 0 Å². The van der Waals surface area contributed by atoms with Crippen molar-refractivity contribution in [2.24, 2.45) is 0 Å². The van der Waals surface area contributed by atoms with Crippen LogP contribution < -0.4 is 0 Å². The Morgan fingerprint density at radius 2 is 2.42 bits per heavy atom. The minimum absolute atomic E-state index is 0.382. The van der Waals surface area contributed by atoms with Crippen LogP contribution in [0.3, 0.4) is 0 Å². The molecular weight excluding hydrogens is 222 g/mol. The van der Waals surface area contributed by atoms with Crippen LogP contribution in [0.5, 0.6) is 0 Å². The molecule has 12 heavy (non-hydrogen) atoms. The number of hydrogen-bond donors (Lipinski definition) is 0. The lowest BCUT2D eigenvalue weighted by Crippen LogP contribution is -1.98. The van der Waals surface area contributed by atoms with Crippen molar-refractivity contribution in [2.45, 2.75) is 6.42 Å². The highest BCUT2D eigenvalue weighted by molar-refractivity contribution is 9.10. The monoisotopic (exact) mass is 229 g/mol. The van der Waals surface area contributed by atoms with Crippen molar-refractivity contribution < 1.29 is 9.53 Å². The van der Waals surface area contributed by atoms with E-state index in [0.717, 1.165) is 10.3 Å². The quantitative estimate of drug-likeness (QED) is 0.447. The fourth-order valence-corrected chi connectivity index (χ4v) is 1.18. The summed E-state index contributed by atoms with van der Waals surface area (Å²) in [7, 11) is 0. The van der Waals surface area contributed by atoms with Gasteiger partial charge in [0.15, 0.2) is 0 Å². The predicted octanol–water partition coefficient (Wildman–Crippen LogP) is 1.56. The third-order valence-electron chi connectivity index (χ3n) is 1.32. The first-order valence-corrected chi connectivity index (χ1v) is 4.29. The predicted molar refractivity (Wildman–Crippen MR) is 47.7 cm³/mol. The van der Waals surface area contributed by atoms with E-state index in [0.29, 0.717) is 19.5 Å². The molecule has 0 N–H and O–H groups in total. The summed E-state index contributed by atoms with van der Waals surface area (Å²) in [5, 5.41) is 0. The lowest BCUT2D eigenvalue weighted by Gasteiger charge is -1.98. The standard InChI is InChI=1S/C8H8BrNO2/c9-8-3-1-2-7(10-8)4-5-12-6-11/h1-3,6H,4-5H2. The van der Waals surface area contributed by atoms with Gasteiger partial charge >= 0.3 is 0 Å². The van der Waals surface area contributed by atoms with Crippen molar-refractivity contribution in [1.82, 2.24) is 4.98 Å². The lowest BCUT2D eigenvalue weighted by molar-refractivity contribution is -0.128. The number of nitrogens with zero attached hydrogens (tertiary/aromatic N) is 1. The molecular formula is C8H8BrNO2. The third kappa shape index (κ3) is 3.00. The van der Waals surface area contributed by atoms with Gasteiger partial charge in [-0.1, -0.05) is 6.07 Å². The summed E-state index contributed by atoms with van der Waals surface area (Å²) < 4.78 is 5.34. The number of aromatic nitrogens is 1. The van der Waals surface area contributed by atoms with Gasteiger partial charge in [0.1, 0.15) is 4.60 Å². The summed E-state index contributed by atoms with van der Waals surface area (Å²) in [6, 6.07) is 5.64. The molecule has 0 fully saturated rings. The minimum Gasteiger partial charge on any atom is -0.467 e. The van der Waals surface area contributed by atoms with Crippen LogP contribution in [-0.2, 0) is 16.0 Å². The molecule has 0 aromatic carbocycles. The maximum absolute atomic E-state index is 9.81. The first-order valence-electron chi connectivity index (χ1n) is 3.49. The molecule has 64 valence electrons. The van der Waals surface area contributed by atoms with Gasteiger partial charge in [-0.05, 0) is 28.1 Å². The zero-order valence-corrected chi connectivity index (χ0v) is 7.95. The van der Waals surface area contributed by atoms with Gasteiger partial charge in [0.2, 0.25) is 0 Å². The number of carbonyl (C=O) groups is 1. The normalized spacial score (nSPS) is 9.42. The molecule has 0 unspecified atom stereocenters. The summed E-state index contributed by atoms with van der Waals surface area (Å²) in [5.41, 5.74) is 0.909. The van der Waals surface area contributed by atoms with E-state index < -0.39 is 0 Å². The second-order valence-corrected chi connectivity index (χ2v) is 2.98. The van der Waals surface area contributed by atoms with Crippen molar-refractivity contribution in [1.29, 1.82) is 0 Å². The highest BCUT2D eigenvalue weighted by Gasteiger charge is 1.94. The first kappa shape index (κ1) is 9.19. The first-order chi connectivity index (χ1) is 5.83. The van der Waals surface area contributed by atoms with Gasteiger partial charge in [0.25, 0.3) is 6.47 Å². The summed E-state index contributed by atoms with van der Waals surface area (Å²) in [6.45, 7) is 0.824. The Hall–Kier alpha value is -0.900. The lowest BCUT2D eigenvalue weighted by atomic mass is 10.3. The Balaban J connectivity index is 2.46. The maximum Gasteiger partial charge on any atom is 0.293 e. The number of ether oxygens (including phenoxy) is 1. The van der Waals surface area contributed by atoms with Gasteiger partial charge in [-0.15, -0.1) is 0 Å². The van der Waals surface area contributed by atoms with Crippen molar-refractivity contribution in [2.75, 3.05) is 6.61 Å². The van der Waals surface area contributed by atoms with E-state index in [-0.39, 0.29) is 0 Å². The van der Waals surface area contributed by atoms with Crippen molar-refractivity contribution in [3.63, 3.8) is 0 Å². The molecule has 4 heteroatoms. The van der Waals surface area contributed by atoms with Crippen LogP contribution in [0.25, 0.3) is 0 Å². The summed E-state index contributed by atoms with van der Waals surface area (Å²) in [6.07, 6.45) is 0.651. The molecule has 3 nitrogen and oxygen atoms in total. The molecule has 0 bridgehead atoms. The van der Waals surface area contributed by atoms with Crippen LogP contribution in [-0.4, -0.2) is 18.1 Å². The van der Waals surface area contributed by atoms with E-state index in [9.17, 15) is 4.79 Å². The minimum atomic E-state index is 0.382. The van der Waals surface area contributed by atoms with E-state index >= 15 is 0 Å². The van der Waals surface area contributed by atoms with Gasteiger partial charge < -0.3 is 4.74 Å². The largest absolute Gasteiger partial charge is 0.467 e. The molecule has 1 heterocycles. The molecule has 0 aliphatic carbocycles. The molecule has 0 aliphatic heterocycles. The average molecular weight is 230 g/mol. The summed E-state index contributed by atoms with van der Waals surface area (Å²) >= 11 is 3.25. The second-order valence-electron chi connectivity index (χ2n) is 2.17. The van der Waals surface area contributed by atoms with Crippen molar-refractivity contribution in [3.8, 4) is 0 Å². The summed E-state index contributed by atoms with van der Waals surface area (Å²) in [5.74, 6) is 0. The zero-order valence-electron chi connectivity index (χ0n) is 6.37. The Bertz CT molecular complexity index is 265. The molecule has 1 rings (SSSR count). The molecule has 0 saturated heterocycles. The highest BCUT2D eigenvalue weighted by Crippen LogP contribution is 2.06. The van der Waals surface area contributed by atoms with Crippen molar-refractivity contribution in [3.05, 3.63) is 28.5 Å². The number of carbonyl (C=O) groups excluding carboxylic acids is 1. The fourth-order valence-electron chi connectivity index (χ4n) is 0.801. The number of pyridine rings is 1. The molecule has 0 saturated carbocycles. The molecule has 0 aliphatic rings. The number of hydrogen-bond acceptors (Lipinski definition) is 3. The van der Waals surface area contributed by atoms with Gasteiger partial charge in [0.05, 0.1) is 6.61 Å². The van der Waals surface area contributed by atoms with E-state index in [1.807, 2.05) is 18.2 Å². The highest BCUT2D eigenvalue weighted by atomic mass is 79.9. The van der Waals surface area contributed by atoms with E-state index in [2.05, 4.69) is 25.7 Å². The van der Waals surface area contributed by atoms with E-state index in [1.54, 1.807) is 0 Å². The topological polar surface area (TPSA) is 39.2 Å². The second kappa shape index (κ2) is 4.87. The summed E-state index contributed by atoms with van der Waals surface area (Å²) in [4.78, 5) is 14.0. The fraction of sp³-hybridized carbons (Fsp3) is 0.250. The van der Waals surface area contributed by atoms with Crippen LogP contribution in [0.4, 0.5) is 0 Å². The molecule has 0 atom stereocenters. The maximum atomic E-state index is 9.81. The van der Waals surface area contributed by atoms with Gasteiger partial charge in [-0.25, -0.2) is 4.98 Å². The molecule has 0 spiro atoms. The third-order valence-corrected chi connectivity index (χ3v) is 1.76. The molecule has 0 radical (unpaired) electrons. The van der Waals surface area contributed by atoms with E-state index in [4.69, 9.17) is 0 Å². The molecule has 0 amide bonds. The average Bonchev–Trinajstić information content (AvgIpc) is 2.05.